The molecule has 1 saturated carbocycles. The summed E-state index contributed by atoms with van der Waals surface area (Å²) < 4.78 is 14.2. The summed E-state index contributed by atoms with van der Waals surface area (Å²) in [4.78, 5) is 28.6. The quantitative estimate of drug-likeness (QED) is 0.376. The van der Waals surface area contributed by atoms with Gasteiger partial charge in [0.2, 0.25) is 5.91 Å². The van der Waals surface area contributed by atoms with Gasteiger partial charge in [-0.1, -0.05) is 61.4 Å². The maximum atomic E-state index is 14.2. The van der Waals surface area contributed by atoms with Crippen LogP contribution in [-0.2, 0) is 9.59 Å². The molecule has 2 aliphatic rings. The SMILES string of the molecule is O=C(CN1C(=O)/C(=C/c2ccccc2F)Sc2ccccc21)NCCCSC1CCCCC1. The standard InChI is InChI=1S/C26H29FN2O2S2/c27-21-12-5-4-9-19(21)17-24-26(31)29(22-13-6-7-14-23(22)33-24)18-25(30)28-15-8-16-32-20-10-2-1-3-11-20/h4-7,9,12-14,17,20H,1-3,8,10-11,15-16,18H2,(H,28,30)/b24-17-. The molecular formula is C26H29FN2O2S2. The number of carbonyl (C=O) groups excluding carboxylic acids is 2. The van der Waals surface area contributed by atoms with Crippen molar-refractivity contribution in [2.24, 2.45) is 0 Å². The summed E-state index contributed by atoms with van der Waals surface area (Å²) >= 11 is 3.33. The third kappa shape index (κ3) is 6.42. The molecule has 0 unspecified atom stereocenters. The number of hydrogen-bond acceptors (Lipinski definition) is 4. The zero-order valence-electron chi connectivity index (χ0n) is 18.6. The van der Waals surface area contributed by atoms with Gasteiger partial charge in [0, 0.05) is 22.3 Å². The topological polar surface area (TPSA) is 49.4 Å². The lowest BCUT2D eigenvalue weighted by Gasteiger charge is -2.29. The van der Waals surface area contributed by atoms with Crippen LogP contribution in [0.25, 0.3) is 6.08 Å². The van der Waals surface area contributed by atoms with E-state index in [4.69, 9.17) is 0 Å². The number of anilines is 1. The molecular weight excluding hydrogens is 455 g/mol. The summed E-state index contributed by atoms with van der Waals surface area (Å²) in [5.41, 5.74) is 1.06. The first-order valence-electron chi connectivity index (χ1n) is 11.5. The molecule has 1 aliphatic heterocycles. The van der Waals surface area contributed by atoms with Crippen LogP contribution in [0.15, 0.2) is 58.3 Å². The number of nitrogens with one attached hydrogen (secondary N) is 1. The van der Waals surface area contributed by atoms with Gasteiger partial charge in [-0.2, -0.15) is 11.8 Å². The summed E-state index contributed by atoms with van der Waals surface area (Å²) in [6.07, 6.45) is 9.15. The normalized spacial score (nSPS) is 17.8. The molecule has 4 nitrogen and oxygen atoms in total. The molecule has 33 heavy (non-hydrogen) atoms. The Morgan fingerprint density at radius 1 is 1.12 bits per heavy atom. The molecule has 1 N–H and O–H groups in total. The Kier molecular flexibility index (Phi) is 8.51. The van der Waals surface area contributed by atoms with Gasteiger partial charge in [0.05, 0.1) is 10.6 Å². The highest BCUT2D eigenvalue weighted by Gasteiger charge is 2.30. The molecule has 7 heteroatoms. The van der Waals surface area contributed by atoms with Crippen LogP contribution in [0.2, 0.25) is 0 Å². The van der Waals surface area contributed by atoms with Gasteiger partial charge in [-0.3, -0.25) is 14.5 Å². The molecule has 1 aliphatic carbocycles. The Bertz CT molecular complexity index is 1020. The largest absolute Gasteiger partial charge is 0.355 e. The van der Waals surface area contributed by atoms with Gasteiger partial charge < -0.3 is 5.32 Å². The number of benzene rings is 2. The van der Waals surface area contributed by atoms with E-state index in [9.17, 15) is 14.0 Å². The Hall–Kier alpha value is -2.25. The van der Waals surface area contributed by atoms with Crippen molar-refractivity contribution in [2.45, 2.75) is 48.7 Å². The van der Waals surface area contributed by atoms with Crippen LogP contribution in [0.1, 0.15) is 44.1 Å². The minimum atomic E-state index is -0.382. The van der Waals surface area contributed by atoms with E-state index in [0.29, 0.717) is 22.7 Å². The third-order valence-corrected chi connectivity index (χ3v) is 8.42. The van der Waals surface area contributed by atoms with Crippen LogP contribution in [0.4, 0.5) is 10.1 Å². The van der Waals surface area contributed by atoms with Crippen LogP contribution in [0.3, 0.4) is 0 Å². The average Bonchev–Trinajstić information content (AvgIpc) is 2.83. The lowest BCUT2D eigenvalue weighted by molar-refractivity contribution is -0.122. The molecule has 0 atom stereocenters. The Morgan fingerprint density at radius 3 is 2.70 bits per heavy atom. The number of carbonyl (C=O) groups is 2. The van der Waals surface area contributed by atoms with Gasteiger partial charge in [-0.15, -0.1) is 0 Å². The van der Waals surface area contributed by atoms with E-state index < -0.39 is 0 Å². The number of para-hydroxylation sites is 1. The first kappa shape index (κ1) is 23.9. The molecule has 174 valence electrons. The molecule has 0 aromatic heterocycles. The number of rotatable bonds is 8. The molecule has 0 saturated heterocycles. The summed E-state index contributed by atoms with van der Waals surface area (Å²) in [6.45, 7) is 0.551. The molecule has 1 heterocycles. The lowest BCUT2D eigenvalue weighted by Crippen LogP contribution is -2.43. The highest BCUT2D eigenvalue weighted by molar-refractivity contribution is 8.04. The van der Waals surface area contributed by atoms with Gasteiger partial charge in [0.1, 0.15) is 12.4 Å². The molecule has 1 fully saturated rings. The minimum Gasteiger partial charge on any atom is -0.355 e. The average molecular weight is 485 g/mol. The van der Waals surface area contributed by atoms with E-state index in [0.717, 1.165) is 22.3 Å². The van der Waals surface area contributed by atoms with E-state index in [1.165, 1.54) is 54.8 Å². The van der Waals surface area contributed by atoms with Gasteiger partial charge in [0.25, 0.3) is 5.91 Å². The van der Waals surface area contributed by atoms with E-state index in [1.54, 1.807) is 24.3 Å². The number of fused-ring (bicyclic) bond motifs is 1. The summed E-state index contributed by atoms with van der Waals surface area (Å²) in [5, 5.41) is 3.73. The summed E-state index contributed by atoms with van der Waals surface area (Å²) in [6, 6.07) is 13.9. The molecule has 0 bridgehead atoms. The predicted molar refractivity (Wildman–Crippen MR) is 136 cm³/mol. The fourth-order valence-corrected chi connectivity index (χ4v) is 6.49. The maximum Gasteiger partial charge on any atom is 0.265 e. The van der Waals surface area contributed by atoms with Crippen LogP contribution in [-0.4, -0.2) is 35.9 Å². The monoisotopic (exact) mass is 484 g/mol. The maximum absolute atomic E-state index is 14.2. The third-order valence-electron chi connectivity index (χ3n) is 5.87. The van der Waals surface area contributed by atoms with Gasteiger partial charge in [-0.05, 0) is 49.3 Å². The highest BCUT2D eigenvalue weighted by Crippen LogP contribution is 2.42. The van der Waals surface area contributed by atoms with Crippen LogP contribution < -0.4 is 10.2 Å². The van der Waals surface area contributed by atoms with Crippen molar-refractivity contribution >= 4 is 47.1 Å². The van der Waals surface area contributed by atoms with Crippen molar-refractivity contribution in [1.29, 1.82) is 0 Å². The van der Waals surface area contributed by atoms with Crippen molar-refractivity contribution < 1.29 is 14.0 Å². The number of nitrogens with zero attached hydrogens (tertiary/aromatic N) is 1. The Balaban J connectivity index is 1.36. The van der Waals surface area contributed by atoms with Gasteiger partial charge >= 0.3 is 0 Å². The highest BCUT2D eigenvalue weighted by atomic mass is 32.2. The Labute approximate surface area is 203 Å². The minimum absolute atomic E-state index is 0.0548. The first-order valence-corrected chi connectivity index (χ1v) is 13.4. The molecule has 0 spiro atoms. The van der Waals surface area contributed by atoms with E-state index in [-0.39, 0.29) is 24.2 Å². The number of thioether (sulfide) groups is 2. The van der Waals surface area contributed by atoms with Crippen LogP contribution in [0, 0.1) is 5.82 Å². The second-order valence-electron chi connectivity index (χ2n) is 8.33. The second kappa shape index (κ2) is 11.7. The lowest BCUT2D eigenvalue weighted by atomic mass is 10.0. The molecule has 2 aromatic rings. The fraction of sp³-hybridized carbons (Fsp3) is 0.385. The van der Waals surface area contributed by atoms with Crippen molar-refractivity contribution in [3.05, 3.63) is 64.8 Å². The smallest absolute Gasteiger partial charge is 0.265 e. The zero-order chi connectivity index (χ0) is 23.0. The number of amides is 2. The molecule has 0 radical (unpaired) electrons. The molecule has 2 amide bonds. The molecule has 2 aromatic carbocycles. The van der Waals surface area contributed by atoms with E-state index >= 15 is 0 Å². The molecule has 4 rings (SSSR count). The summed E-state index contributed by atoms with van der Waals surface area (Å²) in [5.74, 6) is 0.193. The van der Waals surface area contributed by atoms with E-state index in [1.807, 2.05) is 36.0 Å². The fourth-order valence-electron chi connectivity index (χ4n) is 4.13. The van der Waals surface area contributed by atoms with Crippen molar-refractivity contribution in [3.8, 4) is 0 Å². The van der Waals surface area contributed by atoms with Crippen molar-refractivity contribution in [2.75, 3.05) is 23.7 Å². The van der Waals surface area contributed by atoms with Crippen LogP contribution >= 0.6 is 23.5 Å². The van der Waals surface area contributed by atoms with E-state index in [2.05, 4.69) is 5.32 Å². The second-order valence-corrected chi connectivity index (χ2v) is 10.8. The predicted octanol–water partition coefficient (Wildman–Crippen LogP) is 5.88. The number of hydrogen-bond donors (Lipinski definition) is 1. The van der Waals surface area contributed by atoms with Gasteiger partial charge in [0.15, 0.2) is 0 Å². The van der Waals surface area contributed by atoms with Crippen molar-refractivity contribution in [1.82, 2.24) is 5.32 Å². The van der Waals surface area contributed by atoms with Crippen LogP contribution in [0.5, 0.6) is 0 Å². The number of halogens is 1. The van der Waals surface area contributed by atoms with Crippen molar-refractivity contribution in [3.63, 3.8) is 0 Å². The van der Waals surface area contributed by atoms with Gasteiger partial charge in [-0.25, -0.2) is 4.39 Å². The zero-order valence-corrected chi connectivity index (χ0v) is 20.2. The summed E-state index contributed by atoms with van der Waals surface area (Å²) in [7, 11) is 0. The first-order chi connectivity index (χ1) is 16.1. The Morgan fingerprint density at radius 2 is 1.88 bits per heavy atom.